The first kappa shape index (κ1) is 17.3. The van der Waals surface area contributed by atoms with Gasteiger partial charge in [0.05, 0.1) is 30.7 Å². The molecule has 1 unspecified atom stereocenters. The van der Waals surface area contributed by atoms with E-state index in [-0.39, 0.29) is 19.1 Å². The van der Waals surface area contributed by atoms with Crippen molar-refractivity contribution in [2.45, 2.75) is 12.0 Å². The third-order valence-electron chi connectivity index (χ3n) is 4.21. The summed E-state index contributed by atoms with van der Waals surface area (Å²) < 4.78 is 10.5. The average molecular weight is 342 g/mol. The highest BCUT2D eigenvalue weighted by molar-refractivity contribution is 6.00. The molecule has 2 aromatic rings. The van der Waals surface area contributed by atoms with Crippen LogP contribution in [0.25, 0.3) is 0 Å². The number of nitrogens with one attached hydrogen (secondary N) is 2. The molecule has 0 spiro atoms. The summed E-state index contributed by atoms with van der Waals surface area (Å²) in [4.78, 5) is 12.6. The SMILES string of the molecule is COc1ccccc1Nc1ccccc1C(=O)NCC1(O)CCOC1. The van der Waals surface area contributed by atoms with Crippen LogP contribution in [0.1, 0.15) is 16.8 Å². The first-order valence-corrected chi connectivity index (χ1v) is 8.19. The van der Waals surface area contributed by atoms with Crippen LogP contribution in [0.4, 0.5) is 11.4 Å². The Balaban J connectivity index is 1.75. The van der Waals surface area contributed by atoms with Gasteiger partial charge in [-0.05, 0) is 24.3 Å². The van der Waals surface area contributed by atoms with Crippen LogP contribution in [0.3, 0.4) is 0 Å². The second kappa shape index (κ2) is 7.55. The number of methoxy groups -OCH3 is 1. The molecule has 0 bridgehead atoms. The lowest BCUT2D eigenvalue weighted by atomic mass is 10.0. The number of para-hydroxylation sites is 3. The molecule has 1 atom stereocenters. The van der Waals surface area contributed by atoms with Gasteiger partial charge in [-0.1, -0.05) is 24.3 Å². The maximum absolute atomic E-state index is 12.6. The van der Waals surface area contributed by atoms with Crippen molar-refractivity contribution < 1.29 is 19.4 Å². The van der Waals surface area contributed by atoms with Gasteiger partial charge in [-0.3, -0.25) is 4.79 Å². The Morgan fingerprint density at radius 1 is 1.20 bits per heavy atom. The van der Waals surface area contributed by atoms with E-state index in [0.717, 1.165) is 5.69 Å². The van der Waals surface area contributed by atoms with Gasteiger partial charge in [0.25, 0.3) is 5.91 Å². The van der Waals surface area contributed by atoms with Gasteiger partial charge in [-0.15, -0.1) is 0 Å². The average Bonchev–Trinajstić information content (AvgIpc) is 3.08. The second-order valence-electron chi connectivity index (χ2n) is 6.08. The summed E-state index contributed by atoms with van der Waals surface area (Å²) in [6.45, 7) is 0.918. The maximum atomic E-state index is 12.6. The number of benzene rings is 2. The van der Waals surface area contributed by atoms with Crippen LogP contribution < -0.4 is 15.4 Å². The van der Waals surface area contributed by atoms with Crippen molar-refractivity contribution in [2.75, 3.05) is 32.2 Å². The van der Waals surface area contributed by atoms with Gasteiger partial charge in [0.2, 0.25) is 0 Å². The minimum absolute atomic E-state index is 0.162. The molecule has 0 saturated carbocycles. The second-order valence-corrected chi connectivity index (χ2v) is 6.08. The molecular weight excluding hydrogens is 320 g/mol. The lowest BCUT2D eigenvalue weighted by Gasteiger charge is -2.21. The fourth-order valence-corrected chi connectivity index (χ4v) is 2.76. The van der Waals surface area contributed by atoms with Gasteiger partial charge in [-0.25, -0.2) is 0 Å². The summed E-state index contributed by atoms with van der Waals surface area (Å²) in [5.41, 5.74) is 0.948. The maximum Gasteiger partial charge on any atom is 0.253 e. The van der Waals surface area contributed by atoms with E-state index in [4.69, 9.17) is 9.47 Å². The molecule has 0 aliphatic carbocycles. The highest BCUT2D eigenvalue weighted by Crippen LogP contribution is 2.28. The number of anilines is 2. The molecule has 0 aromatic heterocycles. The molecule has 6 heteroatoms. The third kappa shape index (κ3) is 4.10. The van der Waals surface area contributed by atoms with Crippen LogP contribution in [-0.4, -0.2) is 43.5 Å². The van der Waals surface area contributed by atoms with Crippen LogP contribution >= 0.6 is 0 Å². The van der Waals surface area contributed by atoms with E-state index < -0.39 is 5.60 Å². The normalized spacial score (nSPS) is 19.4. The fourth-order valence-electron chi connectivity index (χ4n) is 2.76. The molecule has 1 aliphatic heterocycles. The van der Waals surface area contributed by atoms with Crippen molar-refractivity contribution >= 4 is 17.3 Å². The van der Waals surface area contributed by atoms with Crippen molar-refractivity contribution in [3.8, 4) is 5.75 Å². The monoisotopic (exact) mass is 342 g/mol. The van der Waals surface area contributed by atoms with Crippen LogP contribution in [0, 0.1) is 0 Å². The van der Waals surface area contributed by atoms with Gasteiger partial charge in [0.15, 0.2) is 0 Å². The van der Waals surface area contributed by atoms with E-state index in [2.05, 4.69) is 10.6 Å². The van der Waals surface area contributed by atoms with Gasteiger partial charge >= 0.3 is 0 Å². The zero-order valence-electron chi connectivity index (χ0n) is 14.1. The first-order chi connectivity index (χ1) is 12.1. The van der Waals surface area contributed by atoms with E-state index in [0.29, 0.717) is 30.0 Å². The molecule has 1 fully saturated rings. The van der Waals surface area contributed by atoms with Crippen LogP contribution in [0.2, 0.25) is 0 Å². The smallest absolute Gasteiger partial charge is 0.253 e. The lowest BCUT2D eigenvalue weighted by Crippen LogP contribution is -2.43. The van der Waals surface area contributed by atoms with Crippen molar-refractivity contribution in [3.05, 3.63) is 54.1 Å². The third-order valence-corrected chi connectivity index (χ3v) is 4.21. The fraction of sp³-hybridized carbons (Fsp3) is 0.316. The standard InChI is InChI=1S/C19H22N2O4/c1-24-17-9-5-4-8-16(17)21-15-7-3-2-6-14(15)18(22)20-12-19(23)10-11-25-13-19/h2-9,21,23H,10-13H2,1H3,(H,20,22). The lowest BCUT2D eigenvalue weighted by molar-refractivity contribution is 0.0265. The van der Waals surface area contributed by atoms with E-state index in [1.54, 1.807) is 19.2 Å². The van der Waals surface area contributed by atoms with Gasteiger partial charge in [0, 0.05) is 19.6 Å². The topological polar surface area (TPSA) is 79.8 Å². The molecule has 3 N–H and O–H groups in total. The molecule has 1 saturated heterocycles. The minimum atomic E-state index is -0.985. The molecular formula is C19H22N2O4. The molecule has 0 radical (unpaired) electrons. The van der Waals surface area contributed by atoms with Gasteiger partial charge < -0.3 is 25.2 Å². The van der Waals surface area contributed by atoms with E-state index in [1.807, 2.05) is 36.4 Å². The number of ether oxygens (including phenoxy) is 2. The highest BCUT2D eigenvalue weighted by atomic mass is 16.5. The van der Waals surface area contributed by atoms with Crippen molar-refractivity contribution in [1.29, 1.82) is 0 Å². The number of aliphatic hydroxyl groups is 1. The zero-order valence-corrected chi connectivity index (χ0v) is 14.1. The van der Waals surface area contributed by atoms with Gasteiger partial charge in [-0.2, -0.15) is 0 Å². The number of hydrogen-bond acceptors (Lipinski definition) is 5. The quantitative estimate of drug-likeness (QED) is 0.751. The molecule has 132 valence electrons. The zero-order chi connectivity index (χ0) is 17.7. The molecule has 1 aliphatic rings. The van der Waals surface area contributed by atoms with Crippen LogP contribution in [0.15, 0.2) is 48.5 Å². The van der Waals surface area contributed by atoms with Gasteiger partial charge in [0.1, 0.15) is 11.4 Å². The molecule has 1 heterocycles. The summed E-state index contributed by atoms with van der Waals surface area (Å²) >= 11 is 0. The van der Waals surface area contributed by atoms with Crippen LogP contribution in [-0.2, 0) is 4.74 Å². The molecule has 2 aromatic carbocycles. The molecule has 25 heavy (non-hydrogen) atoms. The number of carbonyl (C=O) groups is 1. The number of rotatable bonds is 6. The van der Waals surface area contributed by atoms with Crippen LogP contribution in [0.5, 0.6) is 5.75 Å². The summed E-state index contributed by atoms with van der Waals surface area (Å²) in [6.07, 6.45) is 0.522. The number of carbonyl (C=O) groups excluding carboxylic acids is 1. The minimum Gasteiger partial charge on any atom is -0.495 e. The summed E-state index contributed by atoms with van der Waals surface area (Å²) in [5.74, 6) is 0.438. The predicted octanol–water partition coefficient (Wildman–Crippen LogP) is 2.32. The Morgan fingerprint density at radius 3 is 2.64 bits per heavy atom. The Morgan fingerprint density at radius 2 is 1.92 bits per heavy atom. The summed E-state index contributed by atoms with van der Waals surface area (Å²) in [7, 11) is 1.60. The van der Waals surface area contributed by atoms with E-state index in [1.165, 1.54) is 0 Å². The van der Waals surface area contributed by atoms with E-state index in [9.17, 15) is 9.90 Å². The Labute approximate surface area is 146 Å². The molecule has 1 amide bonds. The largest absolute Gasteiger partial charge is 0.495 e. The predicted molar refractivity (Wildman–Crippen MR) is 95.4 cm³/mol. The first-order valence-electron chi connectivity index (χ1n) is 8.19. The number of amides is 1. The Hall–Kier alpha value is -2.57. The van der Waals surface area contributed by atoms with Crippen molar-refractivity contribution in [3.63, 3.8) is 0 Å². The summed E-state index contributed by atoms with van der Waals surface area (Å²) in [5, 5.41) is 16.3. The molecule has 6 nitrogen and oxygen atoms in total. The Kier molecular flexibility index (Phi) is 5.21. The Bertz CT molecular complexity index is 742. The van der Waals surface area contributed by atoms with Crippen molar-refractivity contribution in [2.24, 2.45) is 0 Å². The molecule has 3 rings (SSSR count). The summed E-state index contributed by atoms with van der Waals surface area (Å²) in [6, 6.07) is 14.7. The number of hydrogen-bond donors (Lipinski definition) is 3. The van der Waals surface area contributed by atoms with Crippen molar-refractivity contribution in [1.82, 2.24) is 5.32 Å². The highest BCUT2D eigenvalue weighted by Gasteiger charge is 2.32. The van der Waals surface area contributed by atoms with E-state index >= 15 is 0 Å².